The van der Waals surface area contributed by atoms with Crippen LogP contribution in [0.5, 0.6) is 0 Å². The fourth-order valence-electron chi connectivity index (χ4n) is 0.473. The van der Waals surface area contributed by atoms with E-state index in [0.717, 1.165) is 5.69 Å². The molecule has 0 spiro atoms. The van der Waals surface area contributed by atoms with Gasteiger partial charge in [0, 0.05) is 5.38 Å². The third-order valence-corrected chi connectivity index (χ3v) is 1.45. The van der Waals surface area contributed by atoms with Gasteiger partial charge < -0.3 is 5.73 Å². The van der Waals surface area contributed by atoms with Gasteiger partial charge >= 0.3 is 0 Å². The van der Waals surface area contributed by atoms with Crippen molar-refractivity contribution >= 4 is 16.5 Å². The average Bonchev–Trinajstić information content (AvgIpc) is 2.17. The van der Waals surface area contributed by atoms with E-state index in [1.54, 1.807) is 6.92 Å². The number of nitrogen functional groups attached to an aromatic ring is 1. The molecule has 0 aliphatic heterocycles. The van der Waals surface area contributed by atoms with Crippen LogP contribution < -0.4 is 5.73 Å². The summed E-state index contributed by atoms with van der Waals surface area (Å²) in [6.45, 7) is 1.77. The lowest BCUT2D eigenvalue weighted by atomic mass is 10.5. The number of aromatic nitrogens is 1. The van der Waals surface area contributed by atoms with Crippen molar-refractivity contribution in [3.05, 3.63) is 11.1 Å². The fraction of sp³-hybridized carbons (Fsp3) is 0.167. The summed E-state index contributed by atoms with van der Waals surface area (Å²) < 4.78 is 0. The highest BCUT2D eigenvalue weighted by Gasteiger charge is 1.90. The Morgan fingerprint density at radius 3 is 3.00 bits per heavy atom. The predicted octanol–water partition coefficient (Wildman–Crippen LogP) is 1.10. The molecule has 0 saturated heterocycles. The van der Waals surface area contributed by atoms with Gasteiger partial charge in [-0.05, 0) is 12.8 Å². The minimum absolute atomic E-state index is 0.577. The number of hydrogen-bond donors (Lipinski definition) is 1. The fourth-order valence-corrected chi connectivity index (χ4v) is 0.968. The maximum absolute atomic E-state index is 5.35. The van der Waals surface area contributed by atoms with Crippen LogP contribution >= 0.6 is 11.3 Å². The van der Waals surface area contributed by atoms with Gasteiger partial charge in [0.1, 0.15) is 5.69 Å². The molecule has 0 aliphatic rings. The van der Waals surface area contributed by atoms with Crippen LogP contribution in [0.25, 0.3) is 0 Å². The molecule has 0 saturated carbocycles. The Kier molecular flexibility index (Phi) is 1.71. The first-order valence-electron chi connectivity index (χ1n) is 2.46. The number of rotatable bonds is 0. The second-order valence-electron chi connectivity index (χ2n) is 1.45. The smallest absolute Gasteiger partial charge is 0.181 e. The third kappa shape index (κ3) is 1.44. The highest BCUT2D eigenvalue weighted by Crippen LogP contribution is 2.08. The first-order chi connectivity index (χ1) is 4.33. The van der Waals surface area contributed by atoms with E-state index in [2.05, 4.69) is 16.8 Å². The monoisotopic (exact) mass is 138 g/mol. The molecule has 0 aliphatic carbocycles. The molecule has 0 unspecified atom stereocenters. The molecule has 0 amide bonds. The van der Waals surface area contributed by atoms with E-state index in [-0.39, 0.29) is 0 Å². The van der Waals surface area contributed by atoms with Gasteiger partial charge in [0.15, 0.2) is 5.13 Å². The van der Waals surface area contributed by atoms with Crippen molar-refractivity contribution in [3.8, 4) is 11.8 Å². The standard InChI is InChI=1S/C6H6N2S/c1-2-3-5-4-9-6(7)8-5/h4H,1H3,(H2,7,8). The van der Waals surface area contributed by atoms with Crippen molar-refractivity contribution in [2.75, 3.05) is 5.73 Å². The minimum Gasteiger partial charge on any atom is -0.375 e. The summed E-state index contributed by atoms with van der Waals surface area (Å²) in [5.41, 5.74) is 6.11. The topological polar surface area (TPSA) is 38.9 Å². The second kappa shape index (κ2) is 2.51. The van der Waals surface area contributed by atoms with E-state index < -0.39 is 0 Å². The molecule has 0 aromatic carbocycles. The van der Waals surface area contributed by atoms with Gasteiger partial charge in [0.05, 0.1) is 0 Å². The molecule has 9 heavy (non-hydrogen) atoms. The lowest BCUT2D eigenvalue weighted by molar-refractivity contribution is 1.38. The summed E-state index contributed by atoms with van der Waals surface area (Å²) in [6, 6.07) is 0. The summed E-state index contributed by atoms with van der Waals surface area (Å²) in [5.74, 6) is 5.53. The zero-order chi connectivity index (χ0) is 6.69. The first-order valence-corrected chi connectivity index (χ1v) is 3.34. The van der Waals surface area contributed by atoms with E-state index in [0.29, 0.717) is 5.13 Å². The summed E-state index contributed by atoms with van der Waals surface area (Å²) in [7, 11) is 0. The number of nitrogens with zero attached hydrogens (tertiary/aromatic N) is 1. The van der Waals surface area contributed by atoms with Crippen molar-refractivity contribution in [3.63, 3.8) is 0 Å². The molecular formula is C6H6N2S. The lowest BCUT2D eigenvalue weighted by Crippen LogP contribution is -1.81. The molecule has 2 nitrogen and oxygen atoms in total. The van der Waals surface area contributed by atoms with Gasteiger partial charge in [-0.15, -0.1) is 11.3 Å². The van der Waals surface area contributed by atoms with Gasteiger partial charge in [-0.2, -0.15) is 0 Å². The summed E-state index contributed by atoms with van der Waals surface area (Å²) >= 11 is 1.41. The Morgan fingerprint density at radius 1 is 1.78 bits per heavy atom. The molecule has 2 N–H and O–H groups in total. The van der Waals surface area contributed by atoms with Gasteiger partial charge in [-0.3, -0.25) is 0 Å². The predicted molar refractivity (Wildman–Crippen MR) is 39.1 cm³/mol. The summed E-state index contributed by atoms with van der Waals surface area (Å²) in [6.07, 6.45) is 0. The van der Waals surface area contributed by atoms with Gasteiger partial charge in [0.25, 0.3) is 0 Å². The molecule has 0 radical (unpaired) electrons. The molecule has 0 bridgehead atoms. The molecule has 1 rings (SSSR count). The van der Waals surface area contributed by atoms with Crippen molar-refractivity contribution in [2.45, 2.75) is 6.92 Å². The second-order valence-corrected chi connectivity index (χ2v) is 2.34. The van der Waals surface area contributed by atoms with Crippen molar-refractivity contribution in [1.82, 2.24) is 4.98 Å². The van der Waals surface area contributed by atoms with Crippen LogP contribution in [-0.4, -0.2) is 4.98 Å². The first kappa shape index (κ1) is 6.12. The third-order valence-electron chi connectivity index (χ3n) is 0.775. The number of thiazole rings is 1. The Labute approximate surface area is 57.7 Å². The molecule has 0 atom stereocenters. The van der Waals surface area contributed by atoms with Crippen LogP contribution in [-0.2, 0) is 0 Å². The number of nitrogens with two attached hydrogens (primary N) is 1. The minimum atomic E-state index is 0.577. The average molecular weight is 138 g/mol. The Balaban J connectivity index is 2.93. The van der Waals surface area contributed by atoms with Crippen molar-refractivity contribution in [2.24, 2.45) is 0 Å². The zero-order valence-corrected chi connectivity index (χ0v) is 5.83. The summed E-state index contributed by atoms with van der Waals surface area (Å²) in [4.78, 5) is 3.92. The van der Waals surface area contributed by atoms with Crippen molar-refractivity contribution < 1.29 is 0 Å². The highest BCUT2D eigenvalue weighted by atomic mass is 32.1. The van der Waals surface area contributed by atoms with Crippen LogP contribution in [0.1, 0.15) is 12.6 Å². The Bertz CT molecular complexity index is 254. The van der Waals surface area contributed by atoms with E-state index in [1.165, 1.54) is 11.3 Å². The SMILES string of the molecule is CC#Cc1csc(N)n1. The molecular weight excluding hydrogens is 132 g/mol. The molecule has 3 heteroatoms. The van der Waals surface area contributed by atoms with Gasteiger partial charge in [-0.1, -0.05) is 5.92 Å². The lowest BCUT2D eigenvalue weighted by Gasteiger charge is -1.73. The Morgan fingerprint density at radius 2 is 2.56 bits per heavy atom. The zero-order valence-electron chi connectivity index (χ0n) is 5.01. The largest absolute Gasteiger partial charge is 0.375 e. The quantitative estimate of drug-likeness (QED) is 0.545. The molecule has 1 heterocycles. The van der Waals surface area contributed by atoms with E-state index in [9.17, 15) is 0 Å². The number of anilines is 1. The van der Waals surface area contributed by atoms with E-state index in [4.69, 9.17) is 5.73 Å². The Hall–Kier alpha value is -1.01. The molecule has 46 valence electrons. The summed E-state index contributed by atoms with van der Waals surface area (Å²) in [5, 5.41) is 2.42. The van der Waals surface area contributed by atoms with Crippen LogP contribution in [0.4, 0.5) is 5.13 Å². The van der Waals surface area contributed by atoms with Crippen LogP contribution in [0.15, 0.2) is 5.38 Å². The molecule has 0 fully saturated rings. The van der Waals surface area contributed by atoms with Crippen LogP contribution in [0.3, 0.4) is 0 Å². The number of hydrogen-bond acceptors (Lipinski definition) is 3. The van der Waals surface area contributed by atoms with Crippen LogP contribution in [0, 0.1) is 11.8 Å². The van der Waals surface area contributed by atoms with Crippen LogP contribution in [0.2, 0.25) is 0 Å². The molecule has 1 aromatic heterocycles. The maximum atomic E-state index is 5.35. The molecule has 1 aromatic rings. The normalized spacial score (nSPS) is 8.11. The van der Waals surface area contributed by atoms with Gasteiger partial charge in [-0.25, -0.2) is 4.98 Å². The van der Waals surface area contributed by atoms with Gasteiger partial charge in [0.2, 0.25) is 0 Å². The van der Waals surface area contributed by atoms with E-state index >= 15 is 0 Å². The van der Waals surface area contributed by atoms with E-state index in [1.807, 2.05) is 5.38 Å². The van der Waals surface area contributed by atoms with Crippen molar-refractivity contribution in [1.29, 1.82) is 0 Å². The maximum Gasteiger partial charge on any atom is 0.181 e. The highest BCUT2D eigenvalue weighted by molar-refractivity contribution is 7.13.